The smallest absolute Gasteiger partial charge is 0.0631 e. The van der Waals surface area contributed by atoms with Crippen LogP contribution in [0.5, 0.6) is 0 Å². The molecule has 3 aliphatic rings. The maximum Gasteiger partial charge on any atom is 0.0631 e. The fourth-order valence-corrected chi connectivity index (χ4v) is 1.44. The molecular formula is C5H5N. The van der Waals surface area contributed by atoms with Gasteiger partial charge in [-0.1, -0.05) is 6.08 Å². The molecule has 2 fully saturated rings. The first-order chi connectivity index (χ1) is 2.92. The molecule has 1 nitrogen and oxygen atoms in total. The van der Waals surface area contributed by atoms with E-state index in [9.17, 15) is 0 Å². The van der Waals surface area contributed by atoms with Gasteiger partial charge in [-0.3, -0.25) is 5.32 Å². The van der Waals surface area contributed by atoms with E-state index in [2.05, 4.69) is 11.4 Å². The van der Waals surface area contributed by atoms with Gasteiger partial charge in [0.05, 0.1) is 5.54 Å². The van der Waals surface area contributed by atoms with Crippen molar-refractivity contribution in [3.63, 3.8) is 0 Å². The summed E-state index contributed by atoms with van der Waals surface area (Å²) in [4.78, 5) is 0. The molecule has 1 heterocycles. The van der Waals surface area contributed by atoms with Crippen molar-refractivity contribution in [2.24, 2.45) is 0 Å². The van der Waals surface area contributed by atoms with Crippen molar-refractivity contribution >= 4 is 0 Å². The van der Waals surface area contributed by atoms with E-state index in [1.165, 1.54) is 6.42 Å². The second-order valence-electron chi connectivity index (χ2n) is 2.46. The molecule has 0 bridgehead atoms. The van der Waals surface area contributed by atoms with E-state index in [4.69, 9.17) is 0 Å². The zero-order valence-corrected chi connectivity index (χ0v) is 3.36. The van der Waals surface area contributed by atoms with Crippen molar-refractivity contribution in [2.45, 2.75) is 18.0 Å². The SMILES string of the molecule is C1=C2CC23NC13. The second-order valence-corrected chi connectivity index (χ2v) is 2.46. The van der Waals surface area contributed by atoms with Gasteiger partial charge >= 0.3 is 0 Å². The molecule has 2 aliphatic carbocycles. The third kappa shape index (κ3) is 0.0573. The van der Waals surface area contributed by atoms with Crippen LogP contribution in [0.25, 0.3) is 0 Å². The lowest BCUT2D eigenvalue weighted by Crippen LogP contribution is -1.95. The average Bonchev–Trinajstić information content (AvgIpc) is 2.31. The molecule has 1 heteroatoms. The molecule has 1 aliphatic heterocycles. The van der Waals surface area contributed by atoms with Crippen LogP contribution in [0.1, 0.15) is 6.42 Å². The van der Waals surface area contributed by atoms with Gasteiger partial charge in [0.15, 0.2) is 0 Å². The molecule has 1 saturated carbocycles. The average molecular weight is 79.1 g/mol. The zero-order chi connectivity index (χ0) is 3.78. The van der Waals surface area contributed by atoms with Crippen LogP contribution in [0.15, 0.2) is 11.6 Å². The molecule has 2 unspecified atom stereocenters. The number of nitrogens with one attached hydrogen (secondary N) is 1. The fraction of sp³-hybridized carbons (Fsp3) is 0.600. The summed E-state index contributed by atoms with van der Waals surface area (Å²) in [7, 11) is 0. The normalized spacial score (nSPS) is 66.7. The summed E-state index contributed by atoms with van der Waals surface area (Å²) in [6, 6.07) is 0.840. The number of hydrogen-bond donors (Lipinski definition) is 1. The highest BCUT2D eigenvalue weighted by Crippen LogP contribution is 2.64. The molecule has 0 aromatic rings. The Labute approximate surface area is 36.0 Å². The van der Waals surface area contributed by atoms with Crippen LogP contribution in [0.2, 0.25) is 0 Å². The van der Waals surface area contributed by atoms with Crippen molar-refractivity contribution < 1.29 is 0 Å². The van der Waals surface area contributed by atoms with Gasteiger partial charge in [-0.05, 0) is 12.0 Å². The quantitative estimate of drug-likeness (QED) is 0.321. The molecule has 1 saturated heterocycles. The predicted molar refractivity (Wildman–Crippen MR) is 22.4 cm³/mol. The summed E-state index contributed by atoms with van der Waals surface area (Å²) in [6.07, 6.45) is 3.71. The van der Waals surface area contributed by atoms with Gasteiger partial charge in [0, 0.05) is 6.04 Å². The summed E-state index contributed by atoms with van der Waals surface area (Å²) in [5.41, 5.74) is 2.34. The van der Waals surface area contributed by atoms with E-state index in [0.29, 0.717) is 5.54 Å². The molecular weight excluding hydrogens is 74.1 g/mol. The third-order valence-electron chi connectivity index (χ3n) is 2.15. The molecule has 0 amide bonds. The molecule has 30 valence electrons. The first-order valence-electron chi connectivity index (χ1n) is 2.41. The summed E-state index contributed by atoms with van der Waals surface area (Å²) >= 11 is 0. The molecule has 0 aromatic heterocycles. The van der Waals surface area contributed by atoms with Crippen molar-refractivity contribution in [3.05, 3.63) is 11.6 Å². The van der Waals surface area contributed by atoms with Crippen LogP contribution in [0.4, 0.5) is 0 Å². The minimum absolute atomic E-state index is 0.667. The zero-order valence-electron chi connectivity index (χ0n) is 3.36. The highest BCUT2D eigenvalue weighted by atomic mass is 15.3. The molecule has 1 spiro atoms. The van der Waals surface area contributed by atoms with Gasteiger partial charge in [-0.25, -0.2) is 0 Å². The highest BCUT2D eigenvalue weighted by molar-refractivity contribution is 5.64. The van der Waals surface area contributed by atoms with Crippen LogP contribution in [0, 0.1) is 0 Å². The predicted octanol–water partition coefficient (Wildman–Crippen LogP) is 0.0407. The van der Waals surface area contributed by atoms with Crippen LogP contribution >= 0.6 is 0 Å². The lowest BCUT2D eigenvalue weighted by molar-refractivity contribution is 1.03. The Bertz CT molecular complexity index is 159. The van der Waals surface area contributed by atoms with E-state index in [0.717, 1.165) is 6.04 Å². The van der Waals surface area contributed by atoms with Gasteiger partial charge in [-0.15, -0.1) is 0 Å². The molecule has 0 aromatic carbocycles. The maximum atomic E-state index is 3.36. The summed E-state index contributed by atoms with van der Waals surface area (Å²) in [6.45, 7) is 0. The Morgan fingerprint density at radius 1 is 2.00 bits per heavy atom. The van der Waals surface area contributed by atoms with Gasteiger partial charge < -0.3 is 0 Å². The van der Waals surface area contributed by atoms with E-state index >= 15 is 0 Å². The van der Waals surface area contributed by atoms with E-state index in [1.54, 1.807) is 5.57 Å². The minimum Gasteiger partial charge on any atom is -0.297 e. The Morgan fingerprint density at radius 3 is 3.00 bits per heavy atom. The Morgan fingerprint density at radius 2 is 3.00 bits per heavy atom. The Hall–Kier alpha value is -0.300. The van der Waals surface area contributed by atoms with Crippen LogP contribution in [-0.4, -0.2) is 11.6 Å². The topological polar surface area (TPSA) is 21.9 Å². The van der Waals surface area contributed by atoms with E-state index in [1.807, 2.05) is 0 Å². The van der Waals surface area contributed by atoms with Gasteiger partial charge in [0.25, 0.3) is 0 Å². The van der Waals surface area contributed by atoms with E-state index < -0.39 is 0 Å². The van der Waals surface area contributed by atoms with Crippen LogP contribution < -0.4 is 5.32 Å². The Kier molecular flexibility index (Phi) is 0.105. The summed E-state index contributed by atoms with van der Waals surface area (Å²) in [5.74, 6) is 0. The molecule has 1 N–H and O–H groups in total. The Balaban J connectivity index is 2.50. The molecule has 6 heavy (non-hydrogen) atoms. The standard InChI is InChI=1S/C5H5N/c1-3-2-5(3)4(1)6-5/h1,4,6H,2H2. The van der Waals surface area contributed by atoms with Crippen molar-refractivity contribution in [3.8, 4) is 0 Å². The first-order valence-corrected chi connectivity index (χ1v) is 2.41. The van der Waals surface area contributed by atoms with Crippen molar-refractivity contribution in [1.29, 1.82) is 0 Å². The highest BCUT2D eigenvalue weighted by Gasteiger charge is 2.73. The van der Waals surface area contributed by atoms with Gasteiger partial charge in [0.2, 0.25) is 0 Å². The largest absolute Gasteiger partial charge is 0.297 e. The first kappa shape index (κ1) is 2.12. The number of rotatable bonds is 0. The molecule has 0 radical (unpaired) electrons. The molecule has 2 atom stereocenters. The van der Waals surface area contributed by atoms with E-state index in [-0.39, 0.29) is 0 Å². The van der Waals surface area contributed by atoms with Crippen LogP contribution in [0.3, 0.4) is 0 Å². The summed E-state index contributed by atoms with van der Waals surface area (Å²) in [5, 5.41) is 3.36. The number of hydrogen-bond acceptors (Lipinski definition) is 1. The minimum atomic E-state index is 0.667. The maximum absolute atomic E-state index is 3.36. The second kappa shape index (κ2) is 0.298. The lowest BCUT2D eigenvalue weighted by Gasteiger charge is -1.86. The van der Waals surface area contributed by atoms with Crippen molar-refractivity contribution in [2.75, 3.05) is 0 Å². The monoisotopic (exact) mass is 79.0 g/mol. The lowest BCUT2D eigenvalue weighted by atomic mass is 10.1. The summed E-state index contributed by atoms with van der Waals surface area (Å²) < 4.78 is 0. The van der Waals surface area contributed by atoms with Gasteiger partial charge in [0.1, 0.15) is 0 Å². The van der Waals surface area contributed by atoms with Gasteiger partial charge in [-0.2, -0.15) is 0 Å². The fourth-order valence-electron chi connectivity index (χ4n) is 1.44. The third-order valence-corrected chi connectivity index (χ3v) is 2.15. The van der Waals surface area contributed by atoms with Crippen LogP contribution in [-0.2, 0) is 0 Å². The molecule has 3 rings (SSSR count). The van der Waals surface area contributed by atoms with Crippen molar-refractivity contribution in [1.82, 2.24) is 5.32 Å².